The number of aryl methyl sites for hydroxylation is 1. The van der Waals surface area contributed by atoms with E-state index in [1.165, 1.54) is 24.3 Å². The Hall–Kier alpha value is -2.17. The molecule has 2 aromatic rings. The van der Waals surface area contributed by atoms with Gasteiger partial charge < -0.3 is 10.1 Å². The van der Waals surface area contributed by atoms with Crippen LogP contribution in [0.15, 0.2) is 42.5 Å². The predicted molar refractivity (Wildman–Crippen MR) is 76.2 cm³/mol. The zero-order valence-electron chi connectivity index (χ0n) is 11.7. The molecule has 0 fully saturated rings. The Balaban J connectivity index is 2.07. The molecular weight excluding hydrogens is 279 g/mol. The SMILES string of the molecule is Cc1cc(F)cc(NC(C)c2ccc(OC(F)F)cc2)c1. The molecule has 1 unspecified atom stereocenters. The number of benzene rings is 2. The molecule has 0 amide bonds. The molecule has 0 saturated heterocycles. The highest BCUT2D eigenvalue weighted by Crippen LogP contribution is 2.23. The molecule has 2 nitrogen and oxygen atoms in total. The van der Waals surface area contributed by atoms with Crippen LogP contribution in [0.2, 0.25) is 0 Å². The lowest BCUT2D eigenvalue weighted by molar-refractivity contribution is -0.0498. The summed E-state index contributed by atoms with van der Waals surface area (Å²) in [6.45, 7) is 0.889. The van der Waals surface area contributed by atoms with Gasteiger partial charge in [0.2, 0.25) is 0 Å². The molecule has 0 aliphatic rings. The van der Waals surface area contributed by atoms with Crippen molar-refractivity contribution >= 4 is 5.69 Å². The number of alkyl halides is 2. The third-order valence-electron chi connectivity index (χ3n) is 3.03. The predicted octanol–water partition coefficient (Wildman–Crippen LogP) is 4.91. The van der Waals surface area contributed by atoms with E-state index in [-0.39, 0.29) is 17.6 Å². The van der Waals surface area contributed by atoms with E-state index in [1.54, 1.807) is 12.1 Å². The first-order chi connectivity index (χ1) is 9.94. The van der Waals surface area contributed by atoms with Crippen LogP contribution < -0.4 is 10.1 Å². The number of hydrogen-bond donors (Lipinski definition) is 1. The van der Waals surface area contributed by atoms with Gasteiger partial charge in [-0.25, -0.2) is 4.39 Å². The second-order valence-corrected chi connectivity index (χ2v) is 4.83. The summed E-state index contributed by atoms with van der Waals surface area (Å²) in [5.74, 6) is -0.187. The largest absolute Gasteiger partial charge is 0.435 e. The van der Waals surface area contributed by atoms with Gasteiger partial charge in [-0.2, -0.15) is 8.78 Å². The van der Waals surface area contributed by atoms with E-state index < -0.39 is 6.61 Å². The fourth-order valence-electron chi connectivity index (χ4n) is 2.09. The average Bonchev–Trinajstić information content (AvgIpc) is 2.37. The van der Waals surface area contributed by atoms with Crippen molar-refractivity contribution in [1.82, 2.24) is 0 Å². The Morgan fingerprint density at radius 1 is 1.05 bits per heavy atom. The third-order valence-corrected chi connectivity index (χ3v) is 3.03. The van der Waals surface area contributed by atoms with Crippen molar-refractivity contribution in [3.8, 4) is 5.75 Å². The van der Waals surface area contributed by atoms with Crippen LogP contribution in [0.25, 0.3) is 0 Å². The maximum Gasteiger partial charge on any atom is 0.387 e. The van der Waals surface area contributed by atoms with E-state index in [4.69, 9.17) is 0 Å². The lowest BCUT2D eigenvalue weighted by atomic mass is 10.1. The minimum Gasteiger partial charge on any atom is -0.435 e. The minimum atomic E-state index is -2.83. The first kappa shape index (κ1) is 15.2. The summed E-state index contributed by atoms with van der Waals surface area (Å²) in [5.41, 5.74) is 2.39. The van der Waals surface area contributed by atoms with Gasteiger partial charge in [-0.3, -0.25) is 0 Å². The number of anilines is 1. The molecular formula is C16H16F3NO. The van der Waals surface area contributed by atoms with E-state index >= 15 is 0 Å². The van der Waals surface area contributed by atoms with Crippen molar-refractivity contribution in [2.45, 2.75) is 26.5 Å². The maximum atomic E-state index is 13.3. The van der Waals surface area contributed by atoms with Gasteiger partial charge in [-0.1, -0.05) is 12.1 Å². The molecule has 1 N–H and O–H groups in total. The maximum absolute atomic E-state index is 13.3. The zero-order valence-corrected chi connectivity index (χ0v) is 11.7. The van der Waals surface area contributed by atoms with Crippen LogP contribution in [0.4, 0.5) is 18.9 Å². The molecule has 0 radical (unpaired) electrons. The van der Waals surface area contributed by atoms with Crippen LogP contribution in [0.1, 0.15) is 24.1 Å². The Labute approximate surface area is 121 Å². The Morgan fingerprint density at radius 2 is 1.71 bits per heavy atom. The zero-order chi connectivity index (χ0) is 15.4. The van der Waals surface area contributed by atoms with Crippen molar-refractivity contribution in [3.63, 3.8) is 0 Å². The smallest absolute Gasteiger partial charge is 0.387 e. The highest BCUT2D eigenvalue weighted by molar-refractivity contribution is 5.48. The summed E-state index contributed by atoms with van der Waals surface area (Å²) in [6.07, 6.45) is 0. The van der Waals surface area contributed by atoms with Gasteiger partial charge in [0, 0.05) is 11.7 Å². The fourth-order valence-corrected chi connectivity index (χ4v) is 2.09. The molecule has 2 rings (SSSR count). The molecule has 0 aliphatic heterocycles. The van der Waals surface area contributed by atoms with E-state index in [0.29, 0.717) is 5.69 Å². The molecule has 0 aliphatic carbocycles. The number of rotatable bonds is 5. The quantitative estimate of drug-likeness (QED) is 0.846. The van der Waals surface area contributed by atoms with Crippen LogP contribution in [-0.2, 0) is 0 Å². The lowest BCUT2D eigenvalue weighted by Crippen LogP contribution is -2.07. The first-order valence-corrected chi connectivity index (χ1v) is 6.52. The number of nitrogens with one attached hydrogen (secondary N) is 1. The Bertz CT molecular complexity index is 579. The molecule has 5 heteroatoms. The molecule has 112 valence electrons. The fraction of sp³-hybridized carbons (Fsp3) is 0.250. The normalized spacial score (nSPS) is 12.3. The summed E-state index contributed by atoms with van der Waals surface area (Å²) in [5, 5.41) is 3.17. The molecule has 0 heterocycles. The first-order valence-electron chi connectivity index (χ1n) is 6.52. The third kappa shape index (κ3) is 4.41. The van der Waals surface area contributed by atoms with Crippen molar-refractivity contribution in [1.29, 1.82) is 0 Å². The molecule has 0 saturated carbocycles. The highest BCUT2D eigenvalue weighted by atomic mass is 19.3. The summed E-state index contributed by atoms with van der Waals surface area (Å²) in [7, 11) is 0. The standard InChI is InChI=1S/C16H16F3NO/c1-10-7-13(17)9-14(8-10)20-11(2)12-3-5-15(6-4-12)21-16(18)19/h3-9,11,16,20H,1-2H3. The topological polar surface area (TPSA) is 21.3 Å². The van der Waals surface area contributed by atoms with Crippen LogP contribution in [-0.4, -0.2) is 6.61 Å². The average molecular weight is 295 g/mol. The second kappa shape index (κ2) is 6.52. The summed E-state index contributed by atoms with van der Waals surface area (Å²) in [4.78, 5) is 0. The van der Waals surface area contributed by atoms with E-state index in [9.17, 15) is 13.2 Å². The molecule has 2 aromatic carbocycles. The summed E-state index contributed by atoms with van der Waals surface area (Å²) >= 11 is 0. The van der Waals surface area contributed by atoms with Crippen LogP contribution in [0, 0.1) is 12.7 Å². The van der Waals surface area contributed by atoms with Crippen molar-refractivity contribution in [2.24, 2.45) is 0 Å². The monoisotopic (exact) mass is 295 g/mol. The molecule has 0 bridgehead atoms. The Morgan fingerprint density at radius 3 is 2.29 bits per heavy atom. The Kier molecular flexibility index (Phi) is 4.73. The van der Waals surface area contributed by atoms with Gasteiger partial charge in [-0.15, -0.1) is 0 Å². The van der Waals surface area contributed by atoms with Crippen LogP contribution in [0.5, 0.6) is 5.75 Å². The van der Waals surface area contributed by atoms with Crippen molar-refractivity contribution in [2.75, 3.05) is 5.32 Å². The number of halogens is 3. The van der Waals surface area contributed by atoms with Crippen molar-refractivity contribution in [3.05, 3.63) is 59.4 Å². The van der Waals surface area contributed by atoms with Gasteiger partial charge >= 0.3 is 6.61 Å². The minimum absolute atomic E-state index is 0.0909. The van der Waals surface area contributed by atoms with Gasteiger partial charge in [0.1, 0.15) is 11.6 Å². The molecule has 0 spiro atoms. The summed E-state index contributed by atoms with van der Waals surface area (Å²) < 4.78 is 41.8. The molecule has 21 heavy (non-hydrogen) atoms. The molecule has 1 atom stereocenters. The van der Waals surface area contributed by atoms with Crippen LogP contribution in [0.3, 0.4) is 0 Å². The van der Waals surface area contributed by atoms with Crippen LogP contribution >= 0.6 is 0 Å². The van der Waals surface area contributed by atoms with Gasteiger partial charge in [0.25, 0.3) is 0 Å². The second-order valence-electron chi connectivity index (χ2n) is 4.83. The highest BCUT2D eigenvalue weighted by Gasteiger charge is 2.08. The van der Waals surface area contributed by atoms with Gasteiger partial charge in [-0.05, 0) is 55.3 Å². The lowest BCUT2D eigenvalue weighted by Gasteiger charge is -2.17. The van der Waals surface area contributed by atoms with Gasteiger partial charge in [0.15, 0.2) is 0 Å². The molecule has 0 aromatic heterocycles. The van der Waals surface area contributed by atoms with E-state index in [0.717, 1.165) is 11.1 Å². The van der Waals surface area contributed by atoms with E-state index in [2.05, 4.69) is 10.1 Å². The van der Waals surface area contributed by atoms with Gasteiger partial charge in [0.05, 0.1) is 0 Å². The summed E-state index contributed by atoms with van der Waals surface area (Å²) in [6, 6.07) is 11.0. The van der Waals surface area contributed by atoms with E-state index in [1.807, 2.05) is 19.9 Å². The number of ether oxygens (including phenoxy) is 1. The number of hydrogen-bond acceptors (Lipinski definition) is 2. The van der Waals surface area contributed by atoms with Crippen molar-refractivity contribution < 1.29 is 17.9 Å².